The van der Waals surface area contributed by atoms with Gasteiger partial charge in [-0.3, -0.25) is 4.68 Å². The van der Waals surface area contributed by atoms with Crippen LogP contribution in [0.5, 0.6) is 0 Å². The molecule has 0 saturated carbocycles. The quantitative estimate of drug-likeness (QED) is 0.879. The zero-order chi connectivity index (χ0) is 14.5. The lowest BCUT2D eigenvalue weighted by Crippen LogP contribution is -2.16. The van der Waals surface area contributed by atoms with Crippen LogP contribution in [0.2, 0.25) is 5.02 Å². The Bertz CT molecular complexity index is 575. The smallest absolute Gasteiger partial charge is 0.0863 e. The van der Waals surface area contributed by atoms with Gasteiger partial charge in [0, 0.05) is 19.6 Å². The van der Waals surface area contributed by atoms with Crippen LogP contribution in [0, 0.1) is 6.92 Å². The van der Waals surface area contributed by atoms with Gasteiger partial charge in [0.05, 0.1) is 16.4 Å². The summed E-state index contributed by atoms with van der Waals surface area (Å²) in [7, 11) is 0. The minimum Gasteiger partial charge on any atom is -0.307 e. The lowest BCUT2D eigenvalue weighted by Gasteiger charge is -2.08. The lowest BCUT2D eigenvalue weighted by molar-refractivity contribution is 0.577. The fourth-order valence-electron chi connectivity index (χ4n) is 2.33. The van der Waals surface area contributed by atoms with Crippen molar-refractivity contribution in [2.45, 2.75) is 46.8 Å². The van der Waals surface area contributed by atoms with Crippen LogP contribution in [-0.2, 0) is 26.1 Å². The first-order chi connectivity index (χ1) is 9.65. The number of rotatable bonds is 6. The predicted molar refractivity (Wildman–Crippen MR) is 84.0 cm³/mol. The monoisotopic (exact) mass is 291 g/mol. The highest BCUT2D eigenvalue weighted by atomic mass is 35.5. The maximum absolute atomic E-state index is 6.39. The van der Waals surface area contributed by atoms with E-state index in [1.807, 2.05) is 4.68 Å². The third-order valence-electron chi connectivity index (χ3n) is 3.40. The first-order valence-electron chi connectivity index (χ1n) is 7.16. The Hall–Kier alpha value is -1.32. The number of hydrogen-bond acceptors (Lipinski definition) is 2. The van der Waals surface area contributed by atoms with E-state index in [9.17, 15) is 0 Å². The molecule has 0 unspecified atom stereocenters. The highest BCUT2D eigenvalue weighted by Gasteiger charge is 2.13. The Morgan fingerprint density at radius 1 is 1.25 bits per heavy atom. The normalized spacial score (nSPS) is 11.0. The van der Waals surface area contributed by atoms with Gasteiger partial charge in [-0.15, -0.1) is 0 Å². The molecular formula is C16H22ClN3. The van der Waals surface area contributed by atoms with Gasteiger partial charge < -0.3 is 5.32 Å². The molecule has 0 atom stereocenters. The van der Waals surface area contributed by atoms with Crippen LogP contribution in [0.15, 0.2) is 24.3 Å². The van der Waals surface area contributed by atoms with Crippen LogP contribution >= 0.6 is 11.6 Å². The molecular weight excluding hydrogens is 270 g/mol. The number of halogens is 1. The van der Waals surface area contributed by atoms with E-state index in [1.54, 1.807) is 0 Å². The minimum absolute atomic E-state index is 0.744. The van der Waals surface area contributed by atoms with Crippen molar-refractivity contribution in [3.05, 3.63) is 51.8 Å². The highest BCUT2D eigenvalue weighted by Crippen LogP contribution is 2.21. The maximum atomic E-state index is 6.39. The van der Waals surface area contributed by atoms with E-state index in [2.05, 4.69) is 55.5 Å². The van der Waals surface area contributed by atoms with Crippen molar-refractivity contribution >= 4 is 11.6 Å². The van der Waals surface area contributed by atoms with Crippen LogP contribution in [0.3, 0.4) is 0 Å². The molecule has 1 aromatic heterocycles. The summed E-state index contributed by atoms with van der Waals surface area (Å²) in [5.74, 6) is 0. The Morgan fingerprint density at radius 2 is 2.05 bits per heavy atom. The molecule has 2 rings (SSSR count). The van der Waals surface area contributed by atoms with Gasteiger partial charge in [0.1, 0.15) is 0 Å². The number of nitrogens with one attached hydrogen (secondary N) is 1. The molecule has 0 fully saturated rings. The van der Waals surface area contributed by atoms with E-state index < -0.39 is 0 Å². The summed E-state index contributed by atoms with van der Waals surface area (Å²) in [6.07, 6.45) is 0.872. The molecule has 1 aromatic carbocycles. The van der Waals surface area contributed by atoms with Gasteiger partial charge in [-0.2, -0.15) is 5.10 Å². The minimum atomic E-state index is 0.744. The third-order valence-corrected chi connectivity index (χ3v) is 3.83. The highest BCUT2D eigenvalue weighted by molar-refractivity contribution is 6.31. The Morgan fingerprint density at radius 3 is 2.70 bits per heavy atom. The number of nitrogens with zero attached hydrogens (tertiary/aromatic N) is 2. The van der Waals surface area contributed by atoms with E-state index in [1.165, 1.54) is 11.1 Å². The third kappa shape index (κ3) is 3.41. The summed E-state index contributed by atoms with van der Waals surface area (Å²) in [5, 5.41) is 8.80. The van der Waals surface area contributed by atoms with Gasteiger partial charge in [0.2, 0.25) is 0 Å². The largest absolute Gasteiger partial charge is 0.307 e. The number of aryl methyl sites for hydroxylation is 3. The molecule has 0 aliphatic heterocycles. The van der Waals surface area contributed by atoms with Crippen molar-refractivity contribution in [2.75, 3.05) is 0 Å². The maximum Gasteiger partial charge on any atom is 0.0863 e. The molecule has 1 N–H and O–H groups in total. The van der Waals surface area contributed by atoms with Gasteiger partial charge in [-0.25, -0.2) is 0 Å². The molecule has 0 aliphatic rings. The van der Waals surface area contributed by atoms with Crippen molar-refractivity contribution in [1.82, 2.24) is 15.1 Å². The summed E-state index contributed by atoms with van der Waals surface area (Å²) in [6.45, 7) is 8.72. The SMILES string of the molecule is CCc1nn(CC)c(CNCc2cccc(C)c2)c1Cl. The zero-order valence-corrected chi connectivity index (χ0v) is 13.2. The molecule has 4 heteroatoms. The Kier molecular flexibility index (Phi) is 5.21. The number of hydrogen-bond donors (Lipinski definition) is 1. The predicted octanol–water partition coefficient (Wildman–Crippen LogP) is 3.72. The number of benzene rings is 1. The van der Waals surface area contributed by atoms with E-state index in [0.29, 0.717) is 0 Å². The summed E-state index contributed by atoms with van der Waals surface area (Å²) >= 11 is 6.39. The van der Waals surface area contributed by atoms with E-state index in [0.717, 1.165) is 42.5 Å². The van der Waals surface area contributed by atoms with Gasteiger partial charge in [0.25, 0.3) is 0 Å². The van der Waals surface area contributed by atoms with Crippen molar-refractivity contribution in [3.63, 3.8) is 0 Å². The molecule has 20 heavy (non-hydrogen) atoms. The summed E-state index contributed by atoms with van der Waals surface area (Å²) in [5.41, 5.74) is 4.65. The summed E-state index contributed by atoms with van der Waals surface area (Å²) in [6, 6.07) is 8.53. The summed E-state index contributed by atoms with van der Waals surface area (Å²) < 4.78 is 1.99. The van der Waals surface area contributed by atoms with Crippen LogP contribution in [0.4, 0.5) is 0 Å². The van der Waals surface area contributed by atoms with Crippen molar-refractivity contribution in [1.29, 1.82) is 0 Å². The molecule has 0 saturated heterocycles. The lowest BCUT2D eigenvalue weighted by atomic mass is 10.1. The second-order valence-corrected chi connectivity index (χ2v) is 5.35. The standard InChI is InChI=1S/C16H22ClN3/c1-4-14-16(17)15(20(5-2)19-14)11-18-10-13-8-6-7-12(3)9-13/h6-9,18H,4-5,10-11H2,1-3H3. The first-order valence-corrected chi connectivity index (χ1v) is 7.53. The molecule has 0 bridgehead atoms. The molecule has 108 valence electrons. The second-order valence-electron chi connectivity index (χ2n) is 4.97. The van der Waals surface area contributed by atoms with E-state index in [-0.39, 0.29) is 0 Å². The zero-order valence-electron chi connectivity index (χ0n) is 12.4. The van der Waals surface area contributed by atoms with Gasteiger partial charge in [0.15, 0.2) is 0 Å². The average Bonchev–Trinajstić information content (AvgIpc) is 2.75. The van der Waals surface area contributed by atoms with Gasteiger partial charge >= 0.3 is 0 Å². The molecule has 0 amide bonds. The van der Waals surface area contributed by atoms with Crippen molar-refractivity contribution < 1.29 is 0 Å². The summed E-state index contributed by atoms with van der Waals surface area (Å²) in [4.78, 5) is 0. The van der Waals surface area contributed by atoms with Crippen LogP contribution in [-0.4, -0.2) is 9.78 Å². The molecule has 1 heterocycles. The van der Waals surface area contributed by atoms with E-state index >= 15 is 0 Å². The number of aromatic nitrogens is 2. The second kappa shape index (κ2) is 6.91. The fraction of sp³-hybridized carbons (Fsp3) is 0.438. The molecule has 2 aromatic rings. The Labute approximate surface area is 126 Å². The topological polar surface area (TPSA) is 29.9 Å². The molecule has 0 radical (unpaired) electrons. The fourth-order valence-corrected chi connectivity index (χ4v) is 2.67. The van der Waals surface area contributed by atoms with Gasteiger partial charge in [-0.1, -0.05) is 48.4 Å². The van der Waals surface area contributed by atoms with E-state index in [4.69, 9.17) is 11.6 Å². The average molecular weight is 292 g/mol. The molecule has 3 nitrogen and oxygen atoms in total. The van der Waals surface area contributed by atoms with Crippen LogP contribution in [0.25, 0.3) is 0 Å². The van der Waals surface area contributed by atoms with Gasteiger partial charge in [-0.05, 0) is 25.8 Å². The van der Waals surface area contributed by atoms with Crippen molar-refractivity contribution in [2.24, 2.45) is 0 Å². The molecule has 0 spiro atoms. The first kappa shape index (κ1) is 15.1. The van der Waals surface area contributed by atoms with Crippen LogP contribution < -0.4 is 5.32 Å². The Balaban J connectivity index is 2.02. The van der Waals surface area contributed by atoms with Crippen LogP contribution in [0.1, 0.15) is 36.4 Å². The van der Waals surface area contributed by atoms with Crippen molar-refractivity contribution in [3.8, 4) is 0 Å². The molecule has 0 aliphatic carbocycles.